The molecule has 1 aliphatic carbocycles. The molecule has 2 aromatic rings. The Kier molecular flexibility index (Phi) is 6.26. The molecule has 2 aromatic carbocycles. The summed E-state index contributed by atoms with van der Waals surface area (Å²) in [5.41, 5.74) is 1.02. The van der Waals surface area contributed by atoms with E-state index in [1.807, 2.05) is 24.3 Å². The quantitative estimate of drug-likeness (QED) is 0.685. The number of hydrogen-bond donors (Lipinski definition) is 2. The first-order valence-electron chi connectivity index (χ1n) is 9.40. The number of carbonyl (C=O) groups is 1. The van der Waals surface area contributed by atoms with Crippen molar-refractivity contribution in [1.82, 2.24) is 10.0 Å². The van der Waals surface area contributed by atoms with Crippen LogP contribution in [-0.2, 0) is 15.6 Å². The van der Waals surface area contributed by atoms with E-state index in [0.29, 0.717) is 5.56 Å². The Hall–Kier alpha value is -2.82. The van der Waals surface area contributed by atoms with E-state index in [9.17, 15) is 13.2 Å². The largest absolute Gasteiger partial charge is 0.497 e. The van der Waals surface area contributed by atoms with E-state index in [0.717, 1.165) is 37.0 Å². The van der Waals surface area contributed by atoms with Crippen molar-refractivity contribution >= 4 is 15.9 Å². The van der Waals surface area contributed by atoms with Gasteiger partial charge in [0.2, 0.25) is 10.0 Å². The monoisotopic (exact) mass is 412 g/mol. The average molecular weight is 413 g/mol. The van der Waals surface area contributed by atoms with Crippen LogP contribution in [0.4, 0.5) is 0 Å². The van der Waals surface area contributed by atoms with Crippen molar-refractivity contribution < 1.29 is 17.9 Å². The van der Waals surface area contributed by atoms with Crippen LogP contribution in [0.5, 0.6) is 5.75 Å². The number of carbonyl (C=O) groups excluding carboxylic acids is 1. The van der Waals surface area contributed by atoms with Gasteiger partial charge in [0.05, 0.1) is 24.1 Å². The summed E-state index contributed by atoms with van der Waals surface area (Å²) in [5.74, 6) is 2.76. The number of methoxy groups -OCH3 is 1. The molecule has 2 N–H and O–H groups in total. The second-order valence-corrected chi connectivity index (χ2v) is 8.79. The van der Waals surface area contributed by atoms with Gasteiger partial charge in [-0.1, -0.05) is 30.9 Å². The summed E-state index contributed by atoms with van der Waals surface area (Å²) in [6.07, 6.45) is 8.87. The molecule has 1 fully saturated rings. The first-order valence-corrected chi connectivity index (χ1v) is 10.9. The number of benzene rings is 2. The van der Waals surface area contributed by atoms with Crippen LogP contribution in [0.15, 0.2) is 53.4 Å². The van der Waals surface area contributed by atoms with Gasteiger partial charge in [-0.05, 0) is 54.8 Å². The van der Waals surface area contributed by atoms with Crippen LogP contribution in [0.25, 0.3) is 0 Å². The predicted octanol–water partition coefficient (Wildman–Crippen LogP) is 2.81. The van der Waals surface area contributed by atoms with Crippen LogP contribution in [0.1, 0.15) is 41.6 Å². The highest BCUT2D eigenvalue weighted by molar-refractivity contribution is 7.89. The molecule has 0 aromatic heterocycles. The molecule has 7 heteroatoms. The second kappa shape index (κ2) is 8.68. The van der Waals surface area contributed by atoms with Crippen molar-refractivity contribution in [3.05, 3.63) is 59.7 Å². The molecule has 29 heavy (non-hydrogen) atoms. The third kappa shape index (κ3) is 4.61. The van der Waals surface area contributed by atoms with E-state index in [2.05, 4.69) is 16.0 Å². The molecule has 152 valence electrons. The molecule has 0 aliphatic heterocycles. The molecule has 0 saturated heterocycles. The van der Waals surface area contributed by atoms with Crippen molar-refractivity contribution in [2.24, 2.45) is 0 Å². The third-order valence-corrected chi connectivity index (χ3v) is 6.66. The summed E-state index contributed by atoms with van der Waals surface area (Å²) in [7, 11) is -2.07. The van der Waals surface area contributed by atoms with Gasteiger partial charge in [-0.25, -0.2) is 8.42 Å². The van der Waals surface area contributed by atoms with Crippen molar-refractivity contribution in [1.29, 1.82) is 0 Å². The van der Waals surface area contributed by atoms with Gasteiger partial charge in [0.25, 0.3) is 5.91 Å². The SMILES string of the molecule is C#CCNS(=O)(=O)c1ccc(C(=O)NC2(c3ccc(OC)cc3)CCCC2)cc1. The van der Waals surface area contributed by atoms with Gasteiger partial charge in [-0.3, -0.25) is 4.79 Å². The zero-order valence-corrected chi connectivity index (χ0v) is 17.1. The Morgan fingerprint density at radius 2 is 1.72 bits per heavy atom. The summed E-state index contributed by atoms with van der Waals surface area (Å²) in [5, 5.41) is 3.18. The topological polar surface area (TPSA) is 84.5 Å². The van der Waals surface area contributed by atoms with Crippen LogP contribution in [0, 0.1) is 12.3 Å². The summed E-state index contributed by atoms with van der Waals surface area (Å²) in [4.78, 5) is 13.0. The molecule has 1 saturated carbocycles. The van der Waals surface area contributed by atoms with Crippen LogP contribution < -0.4 is 14.8 Å². The van der Waals surface area contributed by atoms with E-state index in [4.69, 9.17) is 11.2 Å². The minimum absolute atomic E-state index is 0.0648. The molecule has 1 amide bonds. The Labute approximate surface area is 171 Å². The first kappa shape index (κ1) is 20.9. The summed E-state index contributed by atoms with van der Waals surface area (Å²) >= 11 is 0. The lowest BCUT2D eigenvalue weighted by molar-refractivity contribution is 0.0898. The van der Waals surface area contributed by atoms with E-state index in [1.165, 1.54) is 24.3 Å². The van der Waals surface area contributed by atoms with Crippen LogP contribution in [-0.4, -0.2) is 28.0 Å². The maximum absolute atomic E-state index is 12.9. The lowest BCUT2D eigenvalue weighted by Gasteiger charge is -2.31. The first-order chi connectivity index (χ1) is 13.9. The normalized spacial score (nSPS) is 15.4. The highest BCUT2D eigenvalue weighted by Gasteiger charge is 2.37. The van der Waals surface area contributed by atoms with Crippen LogP contribution in [0.3, 0.4) is 0 Å². The number of sulfonamides is 1. The molecule has 0 atom stereocenters. The predicted molar refractivity (Wildman–Crippen MR) is 111 cm³/mol. The van der Waals surface area contributed by atoms with Gasteiger partial charge in [0.1, 0.15) is 5.75 Å². The second-order valence-electron chi connectivity index (χ2n) is 7.02. The highest BCUT2D eigenvalue weighted by Crippen LogP contribution is 2.39. The van der Waals surface area contributed by atoms with Crippen LogP contribution in [0.2, 0.25) is 0 Å². The zero-order chi connectivity index (χ0) is 20.9. The number of rotatable bonds is 7. The lowest BCUT2D eigenvalue weighted by atomic mass is 9.87. The van der Waals surface area contributed by atoms with Gasteiger partial charge in [0.15, 0.2) is 0 Å². The number of ether oxygens (including phenoxy) is 1. The van der Waals surface area contributed by atoms with E-state index >= 15 is 0 Å². The fraction of sp³-hybridized carbons (Fsp3) is 0.318. The number of amides is 1. The summed E-state index contributed by atoms with van der Waals surface area (Å²) in [6.45, 7) is -0.0883. The summed E-state index contributed by atoms with van der Waals surface area (Å²) < 4.78 is 31.8. The minimum Gasteiger partial charge on any atom is -0.497 e. The zero-order valence-electron chi connectivity index (χ0n) is 16.3. The van der Waals surface area contributed by atoms with Crippen LogP contribution >= 0.6 is 0 Å². The van der Waals surface area contributed by atoms with Gasteiger partial charge >= 0.3 is 0 Å². The van der Waals surface area contributed by atoms with E-state index in [1.54, 1.807) is 7.11 Å². The van der Waals surface area contributed by atoms with Gasteiger partial charge in [-0.2, -0.15) is 4.72 Å². The minimum atomic E-state index is -3.69. The van der Waals surface area contributed by atoms with Crippen molar-refractivity contribution in [2.75, 3.05) is 13.7 Å². The van der Waals surface area contributed by atoms with Gasteiger partial charge in [-0.15, -0.1) is 6.42 Å². The molecular formula is C22H24N2O4S. The standard InChI is InChI=1S/C22H24N2O4S/c1-3-16-23-29(26,27)20-12-6-17(7-13-20)21(25)24-22(14-4-5-15-22)18-8-10-19(28-2)11-9-18/h1,6-13,23H,4-5,14-16H2,2H3,(H,24,25). The van der Waals surface area contributed by atoms with Crippen molar-refractivity contribution in [3.63, 3.8) is 0 Å². The molecule has 0 unspecified atom stereocenters. The highest BCUT2D eigenvalue weighted by atomic mass is 32.2. The molecule has 0 radical (unpaired) electrons. The third-order valence-electron chi connectivity index (χ3n) is 5.24. The van der Waals surface area contributed by atoms with E-state index < -0.39 is 15.6 Å². The number of hydrogen-bond acceptors (Lipinski definition) is 4. The van der Waals surface area contributed by atoms with Crippen molar-refractivity contribution in [2.45, 2.75) is 36.1 Å². The maximum Gasteiger partial charge on any atom is 0.251 e. The van der Waals surface area contributed by atoms with Gasteiger partial charge < -0.3 is 10.1 Å². The molecule has 3 rings (SSSR count). The maximum atomic E-state index is 12.9. The fourth-order valence-corrected chi connectivity index (χ4v) is 4.60. The Balaban J connectivity index is 1.79. The Morgan fingerprint density at radius 1 is 1.10 bits per heavy atom. The number of terminal acetylenes is 1. The molecule has 1 aliphatic rings. The van der Waals surface area contributed by atoms with Crippen molar-refractivity contribution in [3.8, 4) is 18.1 Å². The molecule has 0 heterocycles. The summed E-state index contributed by atoms with van der Waals surface area (Å²) in [6, 6.07) is 13.6. The average Bonchev–Trinajstić information content (AvgIpc) is 3.22. The Morgan fingerprint density at radius 3 is 2.28 bits per heavy atom. The van der Waals surface area contributed by atoms with Gasteiger partial charge in [0, 0.05) is 5.56 Å². The molecular weight excluding hydrogens is 388 g/mol. The smallest absolute Gasteiger partial charge is 0.251 e. The number of nitrogens with one attached hydrogen (secondary N) is 2. The Bertz CT molecular complexity index is 1000. The fourth-order valence-electron chi connectivity index (χ4n) is 3.67. The molecule has 0 bridgehead atoms. The lowest BCUT2D eigenvalue weighted by Crippen LogP contribution is -2.43. The molecule has 6 nitrogen and oxygen atoms in total. The van der Waals surface area contributed by atoms with E-state index in [-0.39, 0.29) is 17.3 Å². The molecule has 0 spiro atoms.